The molecule has 0 radical (unpaired) electrons. The van der Waals surface area contributed by atoms with Gasteiger partial charge >= 0.3 is 0 Å². The summed E-state index contributed by atoms with van der Waals surface area (Å²) in [5, 5.41) is 13.1. The third kappa shape index (κ3) is 3.49. The van der Waals surface area contributed by atoms with Crippen LogP contribution in [0.5, 0.6) is 0 Å². The number of hydrogen-bond donors (Lipinski definition) is 2. The van der Waals surface area contributed by atoms with Crippen LogP contribution < -0.4 is 5.32 Å². The third-order valence-electron chi connectivity index (χ3n) is 3.85. The Morgan fingerprint density at radius 2 is 1.88 bits per heavy atom. The van der Waals surface area contributed by atoms with Crippen LogP contribution in [0.15, 0.2) is 36.4 Å². The van der Waals surface area contributed by atoms with Crippen molar-refractivity contribution in [3.05, 3.63) is 57.8 Å². The summed E-state index contributed by atoms with van der Waals surface area (Å²) in [6.45, 7) is 4.01. The molecule has 2 aromatic carbocycles. The molecule has 1 heterocycles. The van der Waals surface area contributed by atoms with E-state index in [4.69, 9.17) is 23.2 Å². The highest BCUT2D eigenvalue weighted by Gasteiger charge is 2.18. The topological polar surface area (TPSA) is 67.2 Å². The number of imidazole rings is 1. The molecule has 0 spiro atoms. The number of aromatic nitrogens is 2. The van der Waals surface area contributed by atoms with Gasteiger partial charge in [-0.15, -0.1) is 0 Å². The van der Waals surface area contributed by atoms with Crippen molar-refractivity contribution in [2.75, 3.05) is 5.32 Å². The van der Waals surface area contributed by atoms with Crippen molar-refractivity contribution in [3.8, 4) is 0 Å². The number of nitrogens with zero attached hydrogens (tertiary/aromatic N) is 2. The van der Waals surface area contributed by atoms with Crippen molar-refractivity contribution in [3.63, 3.8) is 0 Å². The number of para-hydroxylation sites is 1. The lowest BCUT2D eigenvalue weighted by molar-refractivity contribution is 0.102. The average Bonchev–Trinajstić information content (AvgIpc) is 2.84. The van der Waals surface area contributed by atoms with E-state index in [9.17, 15) is 9.90 Å². The SMILES string of the molecule is Cc1nc2c(NC(=O)c3c(Cl)cccc3Cl)cccc2n1CC(C)O. The fourth-order valence-corrected chi connectivity index (χ4v) is 3.33. The van der Waals surface area contributed by atoms with Crippen LogP contribution in [0, 0.1) is 6.92 Å². The first-order valence-corrected chi connectivity index (χ1v) is 8.53. The van der Waals surface area contributed by atoms with E-state index in [0.29, 0.717) is 17.7 Å². The first-order chi connectivity index (χ1) is 11.9. The number of rotatable bonds is 4. The van der Waals surface area contributed by atoms with Crippen molar-refractivity contribution < 1.29 is 9.90 Å². The number of carbonyl (C=O) groups is 1. The molecule has 0 aliphatic heterocycles. The molecule has 5 nitrogen and oxygen atoms in total. The molecule has 2 N–H and O–H groups in total. The molecule has 0 saturated heterocycles. The summed E-state index contributed by atoms with van der Waals surface area (Å²) in [5.41, 5.74) is 2.27. The zero-order valence-corrected chi connectivity index (χ0v) is 15.3. The number of amides is 1. The van der Waals surface area contributed by atoms with Crippen LogP contribution >= 0.6 is 23.2 Å². The zero-order valence-electron chi connectivity index (χ0n) is 13.8. The third-order valence-corrected chi connectivity index (χ3v) is 4.48. The van der Waals surface area contributed by atoms with Gasteiger partial charge in [0.25, 0.3) is 5.91 Å². The predicted molar refractivity (Wildman–Crippen MR) is 101 cm³/mol. The summed E-state index contributed by atoms with van der Waals surface area (Å²) in [4.78, 5) is 17.1. The Morgan fingerprint density at radius 1 is 1.24 bits per heavy atom. The first kappa shape index (κ1) is 17.7. The number of carbonyl (C=O) groups excluding carboxylic acids is 1. The van der Waals surface area contributed by atoms with Gasteiger partial charge in [0, 0.05) is 0 Å². The molecule has 1 unspecified atom stereocenters. The maximum Gasteiger partial charge on any atom is 0.258 e. The molecule has 0 aliphatic carbocycles. The van der Waals surface area contributed by atoms with Crippen molar-refractivity contribution >= 4 is 45.8 Å². The van der Waals surface area contributed by atoms with E-state index in [-0.39, 0.29) is 15.6 Å². The van der Waals surface area contributed by atoms with Crippen LogP contribution in [0.1, 0.15) is 23.1 Å². The maximum atomic E-state index is 12.6. The second kappa shape index (κ2) is 7.04. The summed E-state index contributed by atoms with van der Waals surface area (Å²) >= 11 is 12.2. The Labute approximate surface area is 155 Å². The lowest BCUT2D eigenvalue weighted by Crippen LogP contribution is -2.14. The van der Waals surface area contributed by atoms with E-state index in [0.717, 1.165) is 11.3 Å². The summed E-state index contributed by atoms with van der Waals surface area (Å²) in [5.74, 6) is 0.360. The number of hydrogen-bond acceptors (Lipinski definition) is 3. The minimum absolute atomic E-state index is 0.225. The standard InChI is InChI=1S/C18H17Cl2N3O2/c1-10(24)9-23-11(2)21-17-14(7-4-8-15(17)23)22-18(25)16-12(19)5-3-6-13(16)20/h3-8,10,24H,9H2,1-2H3,(H,22,25). The second-order valence-corrected chi connectivity index (χ2v) is 6.66. The molecule has 130 valence electrons. The molecular weight excluding hydrogens is 361 g/mol. The van der Waals surface area contributed by atoms with E-state index in [1.165, 1.54) is 0 Å². The van der Waals surface area contributed by atoms with Crippen molar-refractivity contribution in [1.29, 1.82) is 0 Å². The minimum atomic E-state index is -0.503. The number of aryl methyl sites for hydroxylation is 1. The van der Waals surface area contributed by atoms with E-state index in [1.54, 1.807) is 31.2 Å². The number of halogens is 2. The van der Waals surface area contributed by atoms with Gasteiger partial charge in [0.2, 0.25) is 0 Å². The van der Waals surface area contributed by atoms with Crippen LogP contribution in [-0.2, 0) is 6.54 Å². The molecule has 3 rings (SSSR count). The van der Waals surface area contributed by atoms with Crippen molar-refractivity contribution in [1.82, 2.24) is 9.55 Å². The second-order valence-electron chi connectivity index (χ2n) is 5.84. The van der Waals surface area contributed by atoms with Crippen LogP contribution in [0.3, 0.4) is 0 Å². The molecule has 0 bridgehead atoms. The quantitative estimate of drug-likeness (QED) is 0.712. The van der Waals surface area contributed by atoms with E-state index >= 15 is 0 Å². The lowest BCUT2D eigenvalue weighted by Gasteiger charge is -2.10. The fraction of sp³-hybridized carbons (Fsp3) is 0.222. The van der Waals surface area contributed by atoms with E-state index < -0.39 is 12.0 Å². The van der Waals surface area contributed by atoms with Gasteiger partial charge in [-0.3, -0.25) is 4.79 Å². The number of fused-ring (bicyclic) bond motifs is 1. The molecule has 7 heteroatoms. The molecule has 0 fully saturated rings. The normalized spacial score (nSPS) is 12.4. The zero-order chi connectivity index (χ0) is 18.1. The summed E-state index contributed by atoms with van der Waals surface area (Å²) in [6, 6.07) is 10.4. The van der Waals surface area contributed by atoms with Crippen LogP contribution in [-0.4, -0.2) is 26.7 Å². The Morgan fingerprint density at radius 3 is 2.52 bits per heavy atom. The Balaban J connectivity index is 2.01. The van der Waals surface area contributed by atoms with Gasteiger partial charge in [-0.25, -0.2) is 4.98 Å². The smallest absolute Gasteiger partial charge is 0.258 e. The monoisotopic (exact) mass is 377 g/mol. The molecule has 1 aromatic heterocycles. The molecule has 0 aliphatic rings. The summed E-state index contributed by atoms with van der Waals surface area (Å²) in [7, 11) is 0. The molecular formula is C18H17Cl2N3O2. The molecule has 1 atom stereocenters. The van der Waals surface area contributed by atoms with E-state index in [2.05, 4.69) is 10.3 Å². The average molecular weight is 378 g/mol. The van der Waals surface area contributed by atoms with Crippen LogP contribution in [0.4, 0.5) is 5.69 Å². The number of nitrogens with one attached hydrogen (secondary N) is 1. The van der Waals surface area contributed by atoms with Gasteiger partial charge in [-0.05, 0) is 38.1 Å². The Bertz CT molecular complexity index is 931. The predicted octanol–water partition coefficient (Wildman–Crippen LogP) is 4.28. The number of aliphatic hydroxyl groups is 1. The number of anilines is 1. The number of aliphatic hydroxyl groups excluding tert-OH is 1. The van der Waals surface area contributed by atoms with Crippen molar-refractivity contribution in [2.24, 2.45) is 0 Å². The first-order valence-electron chi connectivity index (χ1n) is 7.77. The highest BCUT2D eigenvalue weighted by Crippen LogP contribution is 2.28. The highest BCUT2D eigenvalue weighted by atomic mass is 35.5. The number of benzene rings is 2. The summed E-state index contributed by atoms with van der Waals surface area (Å²) in [6.07, 6.45) is -0.503. The van der Waals surface area contributed by atoms with Gasteiger partial charge in [0.1, 0.15) is 11.3 Å². The van der Waals surface area contributed by atoms with Gasteiger partial charge in [-0.2, -0.15) is 0 Å². The van der Waals surface area contributed by atoms with Gasteiger partial charge in [0.05, 0.1) is 39.5 Å². The Kier molecular flexibility index (Phi) is 4.99. The fourth-order valence-electron chi connectivity index (χ4n) is 2.76. The molecule has 1 amide bonds. The lowest BCUT2D eigenvalue weighted by atomic mass is 10.2. The van der Waals surface area contributed by atoms with Gasteiger partial charge in [-0.1, -0.05) is 35.3 Å². The highest BCUT2D eigenvalue weighted by molar-refractivity contribution is 6.40. The minimum Gasteiger partial charge on any atom is -0.392 e. The Hall–Kier alpha value is -2.08. The molecule has 3 aromatic rings. The van der Waals surface area contributed by atoms with Gasteiger partial charge in [0.15, 0.2) is 0 Å². The molecule has 25 heavy (non-hydrogen) atoms. The van der Waals surface area contributed by atoms with Gasteiger partial charge < -0.3 is 15.0 Å². The largest absolute Gasteiger partial charge is 0.392 e. The molecule has 0 saturated carbocycles. The van der Waals surface area contributed by atoms with Crippen LogP contribution in [0.25, 0.3) is 11.0 Å². The maximum absolute atomic E-state index is 12.6. The van der Waals surface area contributed by atoms with Crippen LogP contribution in [0.2, 0.25) is 10.0 Å². The summed E-state index contributed by atoms with van der Waals surface area (Å²) < 4.78 is 1.91. The van der Waals surface area contributed by atoms with Crippen molar-refractivity contribution in [2.45, 2.75) is 26.5 Å². The van der Waals surface area contributed by atoms with E-state index in [1.807, 2.05) is 23.6 Å².